The first kappa shape index (κ1) is 17.4. The monoisotopic (exact) mass is 353 g/mol. The summed E-state index contributed by atoms with van der Waals surface area (Å²) in [6.07, 6.45) is 1.43. The number of aromatic nitrogens is 1. The topological polar surface area (TPSA) is 98.1 Å². The van der Waals surface area contributed by atoms with Crippen LogP contribution in [-0.4, -0.2) is 28.4 Å². The standard InChI is InChI=1S/C18H16FN5O2/c1-11(15-4-2-12(7-20)8-21-15)22-17(25)10-24-9-13-6-14(19)3-5-16(13)23-18(24)26/h2-6,8,11H,9-10H2,1H3,(H,22,25)(H,23,26)/t11-/m0/s1. The number of amides is 3. The minimum atomic E-state index is -0.414. The molecule has 0 spiro atoms. The summed E-state index contributed by atoms with van der Waals surface area (Å²) in [4.78, 5) is 29.8. The second-order valence-electron chi connectivity index (χ2n) is 5.96. The van der Waals surface area contributed by atoms with Gasteiger partial charge in [-0.15, -0.1) is 0 Å². The van der Waals surface area contributed by atoms with Crippen LogP contribution in [0, 0.1) is 17.1 Å². The van der Waals surface area contributed by atoms with E-state index in [0.29, 0.717) is 22.5 Å². The highest BCUT2D eigenvalue weighted by molar-refractivity contribution is 5.94. The third kappa shape index (κ3) is 3.78. The Labute approximate surface area is 149 Å². The molecule has 2 N–H and O–H groups in total. The summed E-state index contributed by atoms with van der Waals surface area (Å²) in [6.45, 7) is 1.74. The van der Waals surface area contributed by atoms with Crippen molar-refractivity contribution >= 4 is 17.6 Å². The van der Waals surface area contributed by atoms with Gasteiger partial charge >= 0.3 is 6.03 Å². The van der Waals surface area contributed by atoms with Gasteiger partial charge < -0.3 is 15.5 Å². The predicted molar refractivity (Wildman–Crippen MR) is 91.3 cm³/mol. The molecule has 1 aliphatic rings. The van der Waals surface area contributed by atoms with Gasteiger partial charge in [-0.1, -0.05) is 0 Å². The minimum Gasteiger partial charge on any atom is -0.346 e. The molecule has 26 heavy (non-hydrogen) atoms. The lowest BCUT2D eigenvalue weighted by Crippen LogP contribution is -2.45. The number of hydrogen-bond acceptors (Lipinski definition) is 4. The van der Waals surface area contributed by atoms with E-state index in [1.54, 1.807) is 19.1 Å². The number of urea groups is 1. The van der Waals surface area contributed by atoms with Crippen LogP contribution in [0.5, 0.6) is 0 Å². The fourth-order valence-corrected chi connectivity index (χ4v) is 2.68. The quantitative estimate of drug-likeness (QED) is 0.881. The maximum Gasteiger partial charge on any atom is 0.322 e. The summed E-state index contributed by atoms with van der Waals surface area (Å²) in [7, 11) is 0. The third-order valence-electron chi connectivity index (χ3n) is 4.03. The van der Waals surface area contributed by atoms with Crippen LogP contribution < -0.4 is 10.6 Å². The molecule has 0 bridgehead atoms. The van der Waals surface area contributed by atoms with Crippen LogP contribution in [0.2, 0.25) is 0 Å². The number of carbonyl (C=O) groups excluding carboxylic acids is 2. The Kier molecular flexibility index (Phi) is 4.80. The zero-order valence-electron chi connectivity index (χ0n) is 14.0. The number of anilines is 1. The first-order chi connectivity index (χ1) is 12.5. The van der Waals surface area contributed by atoms with Crippen LogP contribution in [0.1, 0.15) is 29.8 Å². The second-order valence-corrected chi connectivity index (χ2v) is 5.96. The van der Waals surface area contributed by atoms with Crippen LogP contribution in [0.15, 0.2) is 36.5 Å². The molecule has 0 fully saturated rings. The molecule has 8 heteroatoms. The number of nitrogens with one attached hydrogen (secondary N) is 2. The lowest BCUT2D eigenvalue weighted by atomic mass is 10.1. The van der Waals surface area contributed by atoms with Crippen molar-refractivity contribution < 1.29 is 14.0 Å². The van der Waals surface area contributed by atoms with E-state index in [9.17, 15) is 14.0 Å². The van der Waals surface area contributed by atoms with Crippen LogP contribution in [-0.2, 0) is 11.3 Å². The van der Waals surface area contributed by atoms with E-state index < -0.39 is 11.8 Å². The maximum absolute atomic E-state index is 13.4. The summed E-state index contributed by atoms with van der Waals surface area (Å²) in [5, 5.41) is 14.2. The molecule has 2 aromatic rings. The molecule has 3 amide bonds. The van der Waals surface area contributed by atoms with Crippen molar-refractivity contribution in [3.63, 3.8) is 0 Å². The largest absolute Gasteiger partial charge is 0.346 e. The molecule has 1 aromatic heterocycles. The number of carbonyl (C=O) groups is 2. The summed E-state index contributed by atoms with van der Waals surface area (Å²) >= 11 is 0. The molecule has 1 atom stereocenters. The Hall–Kier alpha value is -3.47. The predicted octanol–water partition coefficient (Wildman–Crippen LogP) is 2.32. The van der Waals surface area contributed by atoms with Gasteiger partial charge in [0.05, 0.1) is 23.8 Å². The molecule has 0 saturated heterocycles. The average molecular weight is 353 g/mol. The first-order valence-electron chi connectivity index (χ1n) is 7.96. The van der Waals surface area contributed by atoms with Crippen LogP contribution in [0.3, 0.4) is 0 Å². The normalized spacial score (nSPS) is 14.0. The number of pyridine rings is 1. The van der Waals surface area contributed by atoms with Gasteiger partial charge in [0.2, 0.25) is 5.91 Å². The Morgan fingerprint density at radius 3 is 2.96 bits per heavy atom. The Bertz CT molecular complexity index is 891. The van der Waals surface area contributed by atoms with E-state index >= 15 is 0 Å². The lowest BCUT2D eigenvalue weighted by Gasteiger charge is -2.29. The van der Waals surface area contributed by atoms with Crippen molar-refractivity contribution in [2.24, 2.45) is 0 Å². The number of nitriles is 1. The summed E-state index contributed by atoms with van der Waals surface area (Å²) in [5.74, 6) is -0.761. The highest BCUT2D eigenvalue weighted by atomic mass is 19.1. The number of fused-ring (bicyclic) bond motifs is 1. The first-order valence-corrected chi connectivity index (χ1v) is 7.96. The van der Waals surface area contributed by atoms with E-state index in [1.807, 2.05) is 6.07 Å². The number of hydrogen-bond donors (Lipinski definition) is 2. The van der Waals surface area contributed by atoms with Gasteiger partial charge in [-0.3, -0.25) is 9.78 Å². The third-order valence-corrected chi connectivity index (χ3v) is 4.03. The van der Waals surface area contributed by atoms with Crippen molar-refractivity contribution in [3.8, 4) is 6.07 Å². The molecular formula is C18H16FN5O2. The Morgan fingerprint density at radius 1 is 1.46 bits per heavy atom. The SMILES string of the molecule is C[C@H](NC(=O)CN1Cc2cc(F)ccc2NC1=O)c1ccc(C#N)cn1. The molecule has 7 nitrogen and oxygen atoms in total. The van der Waals surface area contributed by atoms with E-state index in [-0.39, 0.29) is 25.0 Å². The summed E-state index contributed by atoms with van der Waals surface area (Å²) in [5.41, 5.74) is 2.19. The average Bonchev–Trinajstić information content (AvgIpc) is 2.62. The van der Waals surface area contributed by atoms with Crippen molar-refractivity contribution in [1.82, 2.24) is 15.2 Å². The number of rotatable bonds is 4. The van der Waals surface area contributed by atoms with Crippen molar-refractivity contribution in [2.75, 3.05) is 11.9 Å². The number of nitrogens with zero attached hydrogens (tertiary/aromatic N) is 3. The van der Waals surface area contributed by atoms with E-state index in [0.717, 1.165) is 0 Å². The molecular weight excluding hydrogens is 337 g/mol. The molecule has 2 heterocycles. The fraction of sp³-hybridized carbons (Fsp3) is 0.222. The van der Waals surface area contributed by atoms with Crippen molar-refractivity contribution in [2.45, 2.75) is 19.5 Å². The van der Waals surface area contributed by atoms with Gasteiger partial charge in [-0.05, 0) is 42.8 Å². The molecule has 1 aromatic carbocycles. The van der Waals surface area contributed by atoms with Crippen LogP contribution >= 0.6 is 0 Å². The van der Waals surface area contributed by atoms with Crippen LogP contribution in [0.4, 0.5) is 14.9 Å². The van der Waals surface area contributed by atoms with Gasteiger partial charge in [0.15, 0.2) is 0 Å². The van der Waals surface area contributed by atoms with Gasteiger partial charge in [-0.25, -0.2) is 9.18 Å². The zero-order chi connectivity index (χ0) is 18.7. The van der Waals surface area contributed by atoms with Gasteiger partial charge in [-0.2, -0.15) is 5.26 Å². The van der Waals surface area contributed by atoms with E-state index in [1.165, 1.54) is 29.3 Å². The summed E-state index contributed by atoms with van der Waals surface area (Å²) < 4.78 is 13.4. The minimum absolute atomic E-state index is 0.149. The number of benzene rings is 1. The Balaban J connectivity index is 1.62. The maximum atomic E-state index is 13.4. The highest BCUT2D eigenvalue weighted by Gasteiger charge is 2.25. The fourth-order valence-electron chi connectivity index (χ4n) is 2.68. The molecule has 1 aliphatic heterocycles. The highest BCUT2D eigenvalue weighted by Crippen LogP contribution is 2.23. The molecule has 0 radical (unpaired) electrons. The second kappa shape index (κ2) is 7.19. The summed E-state index contributed by atoms with van der Waals surface area (Å²) in [6, 6.07) is 8.57. The van der Waals surface area contributed by atoms with Gasteiger partial charge in [0.1, 0.15) is 18.4 Å². The smallest absolute Gasteiger partial charge is 0.322 e. The number of halogens is 1. The molecule has 0 saturated carbocycles. The Morgan fingerprint density at radius 2 is 2.27 bits per heavy atom. The van der Waals surface area contributed by atoms with Crippen LogP contribution in [0.25, 0.3) is 0 Å². The van der Waals surface area contributed by atoms with E-state index in [4.69, 9.17) is 5.26 Å². The van der Waals surface area contributed by atoms with Gasteiger partial charge in [0.25, 0.3) is 0 Å². The molecule has 132 valence electrons. The molecule has 3 rings (SSSR count). The zero-order valence-corrected chi connectivity index (χ0v) is 14.0. The molecule has 0 unspecified atom stereocenters. The van der Waals surface area contributed by atoms with E-state index in [2.05, 4.69) is 15.6 Å². The molecule has 0 aliphatic carbocycles. The van der Waals surface area contributed by atoms with Gasteiger partial charge in [0, 0.05) is 11.9 Å². The van der Waals surface area contributed by atoms with Crippen molar-refractivity contribution in [1.29, 1.82) is 5.26 Å². The van der Waals surface area contributed by atoms with Crippen molar-refractivity contribution in [3.05, 3.63) is 59.2 Å². The lowest BCUT2D eigenvalue weighted by molar-refractivity contribution is -0.122.